The van der Waals surface area contributed by atoms with Crippen molar-refractivity contribution in [2.24, 2.45) is 5.92 Å². The summed E-state index contributed by atoms with van der Waals surface area (Å²) in [6, 6.07) is 6.76. The van der Waals surface area contributed by atoms with E-state index in [4.69, 9.17) is 9.72 Å². The number of methoxy groups -OCH3 is 1. The average molecular weight is 413 g/mol. The Hall–Kier alpha value is -2.87. The molecule has 29 heavy (non-hydrogen) atoms. The third kappa shape index (κ3) is 3.85. The minimum atomic E-state index is -0.372. The topological polar surface area (TPSA) is 85.2 Å². The van der Waals surface area contributed by atoms with Gasteiger partial charge in [0.05, 0.1) is 12.5 Å². The van der Waals surface area contributed by atoms with Crippen LogP contribution in [0.2, 0.25) is 0 Å². The number of carbonyl (C=O) groups is 1. The van der Waals surface area contributed by atoms with Gasteiger partial charge in [0.25, 0.3) is 5.56 Å². The van der Waals surface area contributed by atoms with Gasteiger partial charge in [0.15, 0.2) is 0 Å². The Morgan fingerprint density at radius 1 is 1.31 bits per heavy atom. The maximum absolute atomic E-state index is 13.1. The van der Waals surface area contributed by atoms with Gasteiger partial charge in [-0.1, -0.05) is 24.3 Å². The Morgan fingerprint density at radius 2 is 2.14 bits per heavy atom. The van der Waals surface area contributed by atoms with Crippen molar-refractivity contribution in [2.75, 3.05) is 17.7 Å². The number of aryl methyl sites for hydroxylation is 2. The highest BCUT2D eigenvalue weighted by molar-refractivity contribution is 7.22. The van der Waals surface area contributed by atoms with Gasteiger partial charge in [-0.3, -0.25) is 14.7 Å². The quantitative estimate of drug-likeness (QED) is 0.668. The van der Waals surface area contributed by atoms with Gasteiger partial charge >= 0.3 is 6.03 Å². The molecule has 152 valence electrons. The number of hydrogen-bond acceptors (Lipinski definition) is 5. The summed E-state index contributed by atoms with van der Waals surface area (Å²) in [5, 5.41) is 6.89. The van der Waals surface area contributed by atoms with Crippen LogP contribution >= 0.6 is 11.3 Å². The first-order valence-electron chi connectivity index (χ1n) is 9.71. The normalized spacial score (nSPS) is 16.2. The Kier molecular flexibility index (Phi) is 5.27. The number of hydrogen-bond donors (Lipinski definition) is 2. The minimum Gasteiger partial charge on any atom is -0.497 e. The molecule has 3 heterocycles. The fraction of sp³-hybridized carbons (Fsp3) is 0.381. The third-order valence-corrected chi connectivity index (χ3v) is 6.49. The first-order valence-corrected chi connectivity index (χ1v) is 10.5. The second-order valence-electron chi connectivity index (χ2n) is 7.46. The van der Waals surface area contributed by atoms with Gasteiger partial charge in [-0.05, 0) is 43.4 Å². The molecule has 4 rings (SSSR count). The number of aromatic nitrogens is 2. The Morgan fingerprint density at radius 3 is 2.93 bits per heavy atom. The van der Waals surface area contributed by atoms with E-state index in [-0.39, 0.29) is 11.6 Å². The van der Waals surface area contributed by atoms with E-state index in [0.29, 0.717) is 39.1 Å². The summed E-state index contributed by atoms with van der Waals surface area (Å²) in [6.07, 6.45) is 2.83. The van der Waals surface area contributed by atoms with Crippen LogP contribution in [0.15, 0.2) is 29.1 Å². The summed E-state index contributed by atoms with van der Waals surface area (Å²) in [7, 11) is 1.58. The van der Waals surface area contributed by atoms with Gasteiger partial charge in [0.1, 0.15) is 21.4 Å². The largest absolute Gasteiger partial charge is 0.497 e. The number of carbonyl (C=O) groups excluding carboxylic acids is 1. The van der Waals surface area contributed by atoms with E-state index < -0.39 is 0 Å². The highest BCUT2D eigenvalue weighted by Crippen LogP contribution is 2.33. The number of thiophene rings is 1. The number of amides is 2. The molecule has 1 atom stereocenters. The fourth-order valence-electron chi connectivity index (χ4n) is 3.63. The molecule has 3 aromatic rings. The van der Waals surface area contributed by atoms with Crippen LogP contribution in [0.1, 0.15) is 31.2 Å². The minimum absolute atomic E-state index is 0.00546. The number of ether oxygens (including phenoxy) is 1. The number of nitrogens with zero attached hydrogens (tertiary/aromatic N) is 2. The van der Waals surface area contributed by atoms with Gasteiger partial charge in [-0.25, -0.2) is 9.78 Å². The number of nitrogens with one attached hydrogen (secondary N) is 2. The van der Waals surface area contributed by atoms with E-state index in [1.165, 1.54) is 11.3 Å². The van der Waals surface area contributed by atoms with Crippen LogP contribution in [-0.2, 0) is 13.0 Å². The average Bonchev–Trinajstić information content (AvgIpc) is 2.87. The molecule has 1 unspecified atom stereocenters. The zero-order chi connectivity index (χ0) is 20.5. The van der Waals surface area contributed by atoms with Crippen LogP contribution < -0.4 is 20.9 Å². The smallest absolute Gasteiger partial charge is 0.324 e. The summed E-state index contributed by atoms with van der Waals surface area (Å²) in [5.74, 6) is 2.10. The van der Waals surface area contributed by atoms with E-state index in [1.54, 1.807) is 25.3 Å². The van der Waals surface area contributed by atoms with E-state index in [1.807, 2.05) is 17.6 Å². The zero-order valence-corrected chi connectivity index (χ0v) is 17.6. The fourth-order valence-corrected chi connectivity index (χ4v) is 4.72. The SMILES string of the molecule is COc1cccc(NC(=O)Nc2sc3nc4n(c(=O)c3c2C)CCC(C)CC4)c1. The molecule has 0 radical (unpaired) electrons. The number of benzene rings is 1. The van der Waals surface area contributed by atoms with Crippen molar-refractivity contribution in [1.29, 1.82) is 0 Å². The molecule has 0 saturated carbocycles. The van der Waals surface area contributed by atoms with Crippen molar-refractivity contribution in [3.8, 4) is 5.75 Å². The van der Waals surface area contributed by atoms with Crippen LogP contribution in [-0.4, -0.2) is 22.7 Å². The Bertz CT molecular complexity index is 1130. The first kappa shape index (κ1) is 19.4. The van der Waals surface area contributed by atoms with E-state index >= 15 is 0 Å². The molecule has 8 heteroatoms. The van der Waals surface area contributed by atoms with Gasteiger partial charge in [0, 0.05) is 24.7 Å². The summed E-state index contributed by atoms with van der Waals surface area (Å²) in [5.41, 5.74) is 1.38. The van der Waals surface area contributed by atoms with E-state index in [0.717, 1.165) is 30.7 Å². The predicted octanol–water partition coefficient (Wildman–Crippen LogP) is 4.39. The van der Waals surface area contributed by atoms with E-state index in [2.05, 4.69) is 17.6 Å². The van der Waals surface area contributed by atoms with Crippen LogP contribution in [0.3, 0.4) is 0 Å². The lowest BCUT2D eigenvalue weighted by molar-refractivity contribution is 0.262. The molecule has 1 aliphatic rings. The zero-order valence-electron chi connectivity index (χ0n) is 16.7. The third-order valence-electron chi connectivity index (χ3n) is 5.39. The lowest BCUT2D eigenvalue weighted by atomic mass is 10.0. The molecule has 2 amide bonds. The Balaban J connectivity index is 1.61. The van der Waals surface area contributed by atoms with Gasteiger partial charge in [-0.15, -0.1) is 0 Å². The lowest BCUT2D eigenvalue weighted by Crippen LogP contribution is -2.24. The van der Waals surface area contributed by atoms with Gasteiger partial charge in [-0.2, -0.15) is 0 Å². The molecule has 0 aliphatic carbocycles. The monoisotopic (exact) mass is 412 g/mol. The van der Waals surface area contributed by atoms with Crippen molar-refractivity contribution in [2.45, 2.75) is 39.7 Å². The van der Waals surface area contributed by atoms with Crippen LogP contribution in [0.5, 0.6) is 5.75 Å². The molecule has 0 fully saturated rings. The van der Waals surface area contributed by atoms with Crippen molar-refractivity contribution < 1.29 is 9.53 Å². The van der Waals surface area contributed by atoms with E-state index in [9.17, 15) is 9.59 Å². The summed E-state index contributed by atoms with van der Waals surface area (Å²) in [4.78, 5) is 31.0. The van der Waals surface area contributed by atoms with Crippen molar-refractivity contribution in [3.63, 3.8) is 0 Å². The van der Waals surface area contributed by atoms with Crippen molar-refractivity contribution in [3.05, 3.63) is 46.0 Å². The maximum atomic E-state index is 13.1. The number of anilines is 2. The maximum Gasteiger partial charge on any atom is 0.324 e. The lowest BCUT2D eigenvalue weighted by Gasteiger charge is -2.09. The van der Waals surface area contributed by atoms with Crippen LogP contribution in [0.4, 0.5) is 15.5 Å². The summed E-state index contributed by atoms with van der Waals surface area (Å²) in [6.45, 7) is 4.77. The van der Waals surface area contributed by atoms with Crippen LogP contribution in [0.25, 0.3) is 10.2 Å². The summed E-state index contributed by atoms with van der Waals surface area (Å²) < 4.78 is 6.99. The Labute approximate surface area is 172 Å². The van der Waals surface area contributed by atoms with Gasteiger partial charge in [0.2, 0.25) is 0 Å². The summed E-state index contributed by atoms with van der Waals surface area (Å²) >= 11 is 1.34. The molecule has 0 bridgehead atoms. The number of fused-ring (bicyclic) bond motifs is 2. The molecule has 1 aromatic carbocycles. The molecule has 0 spiro atoms. The van der Waals surface area contributed by atoms with Gasteiger partial charge < -0.3 is 10.1 Å². The second-order valence-corrected chi connectivity index (χ2v) is 8.46. The molecule has 2 aromatic heterocycles. The first-order chi connectivity index (χ1) is 14.0. The van der Waals surface area contributed by atoms with Crippen molar-refractivity contribution in [1.82, 2.24) is 9.55 Å². The standard InChI is InChI=1S/C21H24N4O3S/c1-12-7-8-16-23-19-17(20(26)25(16)10-9-12)13(2)18(29-19)24-21(27)22-14-5-4-6-15(11-14)28-3/h4-6,11-12H,7-10H2,1-3H3,(H2,22,24,27). The predicted molar refractivity (Wildman–Crippen MR) is 116 cm³/mol. The molecular weight excluding hydrogens is 388 g/mol. The highest BCUT2D eigenvalue weighted by Gasteiger charge is 2.21. The molecule has 7 nitrogen and oxygen atoms in total. The molecule has 2 N–H and O–H groups in total. The number of rotatable bonds is 3. The molecule has 1 aliphatic heterocycles. The number of urea groups is 1. The van der Waals surface area contributed by atoms with Crippen molar-refractivity contribution >= 4 is 38.3 Å². The van der Waals surface area contributed by atoms with Crippen LogP contribution in [0, 0.1) is 12.8 Å². The highest BCUT2D eigenvalue weighted by atomic mass is 32.1. The molecule has 0 saturated heterocycles. The second kappa shape index (κ2) is 7.87. The molecular formula is C21H24N4O3S.